The van der Waals surface area contributed by atoms with E-state index >= 15 is 0 Å². The van der Waals surface area contributed by atoms with Gasteiger partial charge < -0.3 is 15.5 Å². The molecule has 0 aromatic heterocycles. The molecule has 128 valence electrons. The summed E-state index contributed by atoms with van der Waals surface area (Å²) >= 11 is 0. The Morgan fingerprint density at radius 3 is 2.58 bits per heavy atom. The smallest absolute Gasteiger partial charge is 0.239 e. The monoisotopic (exact) mass is 329 g/mol. The van der Waals surface area contributed by atoms with Crippen LogP contribution in [-0.4, -0.2) is 35.7 Å². The highest BCUT2D eigenvalue weighted by Crippen LogP contribution is 2.32. The van der Waals surface area contributed by atoms with Crippen LogP contribution in [0.5, 0.6) is 0 Å². The van der Waals surface area contributed by atoms with Crippen LogP contribution in [0, 0.1) is 0 Å². The Bertz CT molecular complexity index is 655. The molecule has 6 heteroatoms. The van der Waals surface area contributed by atoms with Crippen LogP contribution in [0.4, 0.5) is 0 Å². The highest BCUT2D eigenvalue weighted by Gasteiger charge is 2.28. The Morgan fingerprint density at radius 1 is 1.12 bits per heavy atom. The Balaban J connectivity index is 2.02. The average molecular weight is 329 g/mol. The summed E-state index contributed by atoms with van der Waals surface area (Å²) in [5.41, 5.74) is 1.93. The molecule has 1 atom stereocenters. The minimum absolute atomic E-state index is 0.0525. The molecule has 1 aliphatic rings. The second kappa shape index (κ2) is 8.29. The summed E-state index contributed by atoms with van der Waals surface area (Å²) in [5.74, 6) is -0.597. The van der Waals surface area contributed by atoms with Crippen molar-refractivity contribution in [2.75, 3.05) is 13.1 Å². The maximum atomic E-state index is 12.2. The third-order valence-corrected chi connectivity index (χ3v) is 3.87. The highest BCUT2D eigenvalue weighted by atomic mass is 16.2. The number of hydrogen-bond donors (Lipinski definition) is 2. The molecule has 0 bridgehead atoms. The molecule has 0 aliphatic carbocycles. The fourth-order valence-corrected chi connectivity index (χ4v) is 2.67. The number of carbonyl (C=O) groups excluding carboxylic acids is 3. The molecule has 3 amide bonds. The zero-order valence-corrected chi connectivity index (χ0v) is 14.0. The van der Waals surface area contributed by atoms with Crippen molar-refractivity contribution >= 4 is 23.8 Å². The van der Waals surface area contributed by atoms with Crippen molar-refractivity contribution in [1.82, 2.24) is 15.5 Å². The van der Waals surface area contributed by atoms with Crippen molar-refractivity contribution in [3.05, 3.63) is 41.6 Å². The Kier molecular flexibility index (Phi) is 6.12. The number of benzene rings is 1. The molecule has 0 saturated carbocycles. The van der Waals surface area contributed by atoms with Crippen molar-refractivity contribution in [3.63, 3.8) is 0 Å². The van der Waals surface area contributed by atoms with Gasteiger partial charge in [0.1, 0.15) is 0 Å². The van der Waals surface area contributed by atoms with Crippen molar-refractivity contribution in [3.8, 4) is 0 Å². The van der Waals surface area contributed by atoms with Crippen molar-refractivity contribution in [2.45, 2.75) is 32.7 Å². The van der Waals surface area contributed by atoms with E-state index in [0.29, 0.717) is 6.54 Å². The summed E-state index contributed by atoms with van der Waals surface area (Å²) in [5, 5.41) is 5.32. The molecule has 2 N–H and O–H groups in total. The average Bonchev–Trinajstić information content (AvgIpc) is 2.58. The van der Waals surface area contributed by atoms with Crippen LogP contribution in [0.15, 0.2) is 30.5 Å². The van der Waals surface area contributed by atoms with Gasteiger partial charge in [-0.2, -0.15) is 0 Å². The largest absolute Gasteiger partial charge is 0.355 e. The van der Waals surface area contributed by atoms with E-state index in [1.165, 1.54) is 6.92 Å². The van der Waals surface area contributed by atoms with Gasteiger partial charge in [-0.15, -0.1) is 0 Å². The molecule has 0 saturated heterocycles. The lowest BCUT2D eigenvalue weighted by Crippen LogP contribution is -2.39. The third kappa shape index (κ3) is 4.44. The fourth-order valence-electron chi connectivity index (χ4n) is 2.67. The molecular formula is C18H23N3O3. The summed E-state index contributed by atoms with van der Waals surface area (Å²) in [6.07, 6.45) is 4.53. The zero-order valence-electron chi connectivity index (χ0n) is 14.0. The van der Waals surface area contributed by atoms with E-state index in [4.69, 9.17) is 0 Å². The van der Waals surface area contributed by atoms with Crippen LogP contribution in [-0.2, 0) is 14.4 Å². The Hall–Kier alpha value is -2.63. The minimum Gasteiger partial charge on any atom is -0.355 e. The second-order valence-corrected chi connectivity index (χ2v) is 5.72. The molecule has 1 heterocycles. The standard InChI is InChI=1S/C18H23N3O3/c1-3-9-19-18(24)12-20-17(23)11-16-15-7-5-4-6-14(15)8-10-21(16)13(2)22/h4-8,10,16H,3,9,11-12H2,1-2H3,(H,19,24)(H,20,23). The molecule has 0 radical (unpaired) electrons. The molecule has 0 fully saturated rings. The van der Waals surface area contributed by atoms with Gasteiger partial charge in [-0.25, -0.2) is 0 Å². The quantitative estimate of drug-likeness (QED) is 0.832. The minimum atomic E-state index is -0.359. The van der Waals surface area contributed by atoms with Crippen LogP contribution >= 0.6 is 0 Å². The summed E-state index contributed by atoms with van der Waals surface area (Å²) in [6, 6.07) is 7.32. The van der Waals surface area contributed by atoms with Gasteiger partial charge in [0.2, 0.25) is 17.7 Å². The lowest BCUT2D eigenvalue weighted by Gasteiger charge is -2.32. The highest BCUT2D eigenvalue weighted by molar-refractivity contribution is 5.86. The van der Waals surface area contributed by atoms with Gasteiger partial charge in [0.25, 0.3) is 0 Å². The van der Waals surface area contributed by atoms with Crippen LogP contribution < -0.4 is 10.6 Å². The van der Waals surface area contributed by atoms with Crippen LogP contribution in [0.2, 0.25) is 0 Å². The molecule has 24 heavy (non-hydrogen) atoms. The Morgan fingerprint density at radius 2 is 1.88 bits per heavy atom. The van der Waals surface area contributed by atoms with E-state index in [0.717, 1.165) is 17.5 Å². The predicted octanol–water partition coefficient (Wildman–Crippen LogP) is 1.59. The molecule has 6 nitrogen and oxygen atoms in total. The number of nitrogens with zero attached hydrogens (tertiary/aromatic N) is 1. The molecule has 2 rings (SSSR count). The second-order valence-electron chi connectivity index (χ2n) is 5.72. The molecule has 1 aliphatic heterocycles. The van der Waals surface area contributed by atoms with Gasteiger partial charge in [0.05, 0.1) is 19.0 Å². The summed E-state index contributed by atoms with van der Waals surface area (Å²) in [6.45, 7) is 3.97. The van der Waals surface area contributed by atoms with Crippen molar-refractivity contribution in [2.24, 2.45) is 0 Å². The van der Waals surface area contributed by atoms with E-state index in [-0.39, 0.29) is 36.7 Å². The van der Waals surface area contributed by atoms with Gasteiger partial charge in [-0.05, 0) is 23.6 Å². The van der Waals surface area contributed by atoms with Gasteiger partial charge in [0.15, 0.2) is 0 Å². The normalized spacial score (nSPS) is 15.6. The van der Waals surface area contributed by atoms with Gasteiger partial charge in [-0.3, -0.25) is 14.4 Å². The zero-order chi connectivity index (χ0) is 17.5. The number of nitrogens with one attached hydrogen (secondary N) is 2. The van der Waals surface area contributed by atoms with Crippen LogP contribution in [0.1, 0.15) is 43.9 Å². The number of amides is 3. The number of rotatable bonds is 6. The molecule has 1 aromatic rings. The first-order chi connectivity index (χ1) is 11.5. The number of carbonyl (C=O) groups is 3. The Labute approximate surface area is 141 Å². The fraction of sp³-hybridized carbons (Fsp3) is 0.389. The first-order valence-electron chi connectivity index (χ1n) is 8.12. The molecule has 1 aromatic carbocycles. The van der Waals surface area contributed by atoms with E-state index in [1.54, 1.807) is 11.1 Å². The lowest BCUT2D eigenvalue weighted by atomic mass is 9.93. The molecule has 0 spiro atoms. The predicted molar refractivity (Wildman–Crippen MR) is 91.7 cm³/mol. The van der Waals surface area contributed by atoms with Crippen LogP contribution in [0.3, 0.4) is 0 Å². The molecule has 1 unspecified atom stereocenters. The van der Waals surface area contributed by atoms with Crippen LogP contribution in [0.25, 0.3) is 6.08 Å². The van der Waals surface area contributed by atoms with Gasteiger partial charge >= 0.3 is 0 Å². The summed E-state index contributed by atoms with van der Waals surface area (Å²) in [7, 11) is 0. The van der Waals surface area contributed by atoms with E-state index < -0.39 is 0 Å². The SMILES string of the molecule is CCCNC(=O)CNC(=O)CC1c2ccccc2C=CN1C(C)=O. The number of fused-ring (bicyclic) bond motifs is 1. The van der Waals surface area contributed by atoms with Gasteiger partial charge in [-0.1, -0.05) is 31.2 Å². The van der Waals surface area contributed by atoms with Gasteiger partial charge in [0, 0.05) is 19.7 Å². The lowest BCUT2D eigenvalue weighted by molar-refractivity contribution is -0.131. The summed E-state index contributed by atoms with van der Waals surface area (Å²) in [4.78, 5) is 37.2. The first kappa shape index (κ1) is 17.7. The summed E-state index contributed by atoms with van der Waals surface area (Å²) < 4.78 is 0. The number of hydrogen-bond acceptors (Lipinski definition) is 3. The van der Waals surface area contributed by atoms with Crippen molar-refractivity contribution in [1.29, 1.82) is 0 Å². The maximum Gasteiger partial charge on any atom is 0.239 e. The molecular weight excluding hydrogens is 306 g/mol. The third-order valence-electron chi connectivity index (χ3n) is 3.87. The van der Waals surface area contributed by atoms with E-state index in [2.05, 4.69) is 10.6 Å². The van der Waals surface area contributed by atoms with Crippen molar-refractivity contribution < 1.29 is 14.4 Å². The van der Waals surface area contributed by atoms with E-state index in [9.17, 15) is 14.4 Å². The topological polar surface area (TPSA) is 78.5 Å². The first-order valence-corrected chi connectivity index (χ1v) is 8.12. The maximum absolute atomic E-state index is 12.2. The van der Waals surface area contributed by atoms with E-state index in [1.807, 2.05) is 37.3 Å².